The van der Waals surface area contributed by atoms with Gasteiger partial charge in [-0.3, -0.25) is 9.89 Å². The number of nitrogens with one attached hydrogen (secondary N) is 2. The first kappa shape index (κ1) is 23.2. The predicted molar refractivity (Wildman–Crippen MR) is 129 cm³/mol. The highest BCUT2D eigenvalue weighted by molar-refractivity contribution is 14.0. The molecule has 2 heterocycles. The van der Waals surface area contributed by atoms with Gasteiger partial charge in [-0.05, 0) is 44.7 Å². The maximum Gasteiger partial charge on any atom is 0.191 e. The largest absolute Gasteiger partial charge is 0.357 e. The summed E-state index contributed by atoms with van der Waals surface area (Å²) in [6, 6.07) is 5.58. The van der Waals surface area contributed by atoms with Crippen molar-refractivity contribution in [1.82, 2.24) is 20.5 Å². The summed E-state index contributed by atoms with van der Waals surface area (Å²) in [6.45, 7) is 9.39. The summed E-state index contributed by atoms with van der Waals surface area (Å²) >= 11 is 0. The van der Waals surface area contributed by atoms with Crippen molar-refractivity contribution in [3.63, 3.8) is 0 Å². The number of aromatic nitrogens is 1. The van der Waals surface area contributed by atoms with Crippen LogP contribution in [0.4, 0.5) is 5.82 Å². The van der Waals surface area contributed by atoms with Crippen LogP contribution in [-0.2, 0) is 6.54 Å². The van der Waals surface area contributed by atoms with Crippen LogP contribution < -0.4 is 15.5 Å². The number of hydrogen-bond acceptors (Lipinski definition) is 4. The molecule has 1 atom stereocenters. The summed E-state index contributed by atoms with van der Waals surface area (Å²) < 4.78 is 0. The van der Waals surface area contributed by atoms with Crippen molar-refractivity contribution in [3.05, 3.63) is 23.9 Å². The Hall–Kier alpha value is -1.09. The minimum absolute atomic E-state index is 0. The second-order valence-corrected chi connectivity index (χ2v) is 7.69. The number of aliphatic imine (C=N–C) groups is 1. The Morgan fingerprint density at radius 1 is 1.21 bits per heavy atom. The van der Waals surface area contributed by atoms with Gasteiger partial charge in [0.2, 0.25) is 0 Å². The van der Waals surface area contributed by atoms with Crippen molar-refractivity contribution >= 4 is 35.8 Å². The maximum absolute atomic E-state index is 4.60. The molecule has 1 aliphatic heterocycles. The molecule has 0 aromatic carbocycles. The molecule has 1 saturated carbocycles. The quantitative estimate of drug-likeness (QED) is 0.342. The first-order valence-corrected chi connectivity index (χ1v) is 10.6. The lowest BCUT2D eigenvalue weighted by molar-refractivity contribution is 0.242. The molecule has 1 aliphatic carbocycles. The van der Waals surface area contributed by atoms with Crippen molar-refractivity contribution in [1.29, 1.82) is 0 Å². The topological polar surface area (TPSA) is 55.8 Å². The molecular weight excluding hydrogens is 463 g/mol. The van der Waals surface area contributed by atoms with Crippen LogP contribution in [0, 0.1) is 0 Å². The van der Waals surface area contributed by atoms with E-state index in [1.54, 1.807) is 0 Å². The van der Waals surface area contributed by atoms with Crippen molar-refractivity contribution in [2.45, 2.75) is 64.6 Å². The van der Waals surface area contributed by atoms with E-state index in [9.17, 15) is 0 Å². The van der Waals surface area contributed by atoms with Crippen LogP contribution in [0.15, 0.2) is 23.3 Å². The third-order valence-corrected chi connectivity index (χ3v) is 5.98. The van der Waals surface area contributed by atoms with Crippen molar-refractivity contribution in [3.8, 4) is 0 Å². The van der Waals surface area contributed by atoms with Gasteiger partial charge in [0.05, 0.1) is 0 Å². The first-order valence-electron chi connectivity index (χ1n) is 10.6. The van der Waals surface area contributed by atoms with E-state index < -0.39 is 0 Å². The number of nitrogens with zero attached hydrogens (tertiary/aromatic N) is 4. The SMILES string of the molecule is CCN(CC)c1ccc(CNC(=NC)NC2CCN(C3CCCC3)C2)cn1.I. The number of pyridine rings is 1. The van der Waals surface area contributed by atoms with Crippen molar-refractivity contribution < 1.29 is 0 Å². The van der Waals surface area contributed by atoms with E-state index in [4.69, 9.17) is 0 Å². The van der Waals surface area contributed by atoms with Crippen LogP contribution in [0.2, 0.25) is 0 Å². The average Bonchev–Trinajstić information content (AvgIpc) is 3.39. The fraction of sp³-hybridized carbons (Fsp3) is 0.714. The third kappa shape index (κ3) is 6.20. The van der Waals surface area contributed by atoms with Gasteiger partial charge in [-0.15, -0.1) is 24.0 Å². The molecule has 1 saturated heterocycles. The molecule has 158 valence electrons. The van der Waals surface area contributed by atoms with E-state index in [1.165, 1.54) is 44.2 Å². The fourth-order valence-electron chi connectivity index (χ4n) is 4.34. The molecule has 1 aromatic rings. The summed E-state index contributed by atoms with van der Waals surface area (Å²) in [5.41, 5.74) is 1.17. The highest BCUT2D eigenvalue weighted by Crippen LogP contribution is 2.26. The summed E-state index contributed by atoms with van der Waals surface area (Å²) in [6.07, 6.45) is 8.75. The second-order valence-electron chi connectivity index (χ2n) is 7.69. The van der Waals surface area contributed by atoms with Crippen molar-refractivity contribution in [2.24, 2.45) is 4.99 Å². The molecular formula is C21H37IN6. The predicted octanol–water partition coefficient (Wildman–Crippen LogP) is 3.23. The lowest BCUT2D eigenvalue weighted by Gasteiger charge is -2.24. The summed E-state index contributed by atoms with van der Waals surface area (Å²) in [5.74, 6) is 1.94. The smallest absolute Gasteiger partial charge is 0.191 e. The molecule has 0 radical (unpaired) electrons. The second kappa shape index (κ2) is 11.8. The number of anilines is 1. The minimum atomic E-state index is 0. The summed E-state index contributed by atoms with van der Waals surface area (Å²) in [5, 5.41) is 7.05. The number of guanidine groups is 1. The summed E-state index contributed by atoms with van der Waals surface area (Å²) in [7, 11) is 1.85. The standard InChI is InChI=1S/C21H36N6.HI/c1-4-26(5-2)20-11-10-17(14-23-20)15-24-21(22-3)25-18-12-13-27(16-18)19-8-6-7-9-19;/h10-11,14,18-19H,4-9,12-13,15-16H2,1-3H3,(H2,22,24,25);1H. The van der Waals surface area contributed by atoms with E-state index in [1.807, 2.05) is 13.2 Å². The molecule has 0 spiro atoms. The first-order chi connectivity index (χ1) is 13.2. The van der Waals surface area contributed by atoms with Gasteiger partial charge in [0.15, 0.2) is 5.96 Å². The molecule has 28 heavy (non-hydrogen) atoms. The van der Waals surface area contributed by atoms with Gasteiger partial charge >= 0.3 is 0 Å². The van der Waals surface area contributed by atoms with E-state index in [0.29, 0.717) is 6.04 Å². The molecule has 1 aromatic heterocycles. The zero-order valence-corrected chi connectivity index (χ0v) is 20.0. The van der Waals surface area contributed by atoms with Gasteiger partial charge in [-0.1, -0.05) is 18.9 Å². The molecule has 6 nitrogen and oxygen atoms in total. The molecule has 2 fully saturated rings. The molecule has 0 amide bonds. The highest BCUT2D eigenvalue weighted by atomic mass is 127. The molecule has 1 unspecified atom stereocenters. The van der Waals surface area contributed by atoms with Crippen molar-refractivity contribution in [2.75, 3.05) is 38.1 Å². The van der Waals surface area contributed by atoms with E-state index in [0.717, 1.165) is 44.0 Å². The normalized spacial score (nSPS) is 20.8. The third-order valence-electron chi connectivity index (χ3n) is 5.98. The molecule has 2 aliphatic rings. The van der Waals surface area contributed by atoms with E-state index >= 15 is 0 Å². The van der Waals surface area contributed by atoms with Crippen LogP contribution in [0.3, 0.4) is 0 Å². The molecule has 2 N–H and O–H groups in total. The summed E-state index contributed by atoms with van der Waals surface area (Å²) in [4.78, 5) is 13.9. The Labute approximate surface area is 187 Å². The van der Waals surface area contributed by atoms with Crippen LogP contribution in [0.5, 0.6) is 0 Å². The molecule has 0 bridgehead atoms. The van der Waals surface area contributed by atoms with Gasteiger partial charge in [0.1, 0.15) is 5.82 Å². The Balaban J connectivity index is 0.00000280. The van der Waals surface area contributed by atoms with Gasteiger partial charge in [0, 0.05) is 58.1 Å². The number of halogens is 1. The average molecular weight is 500 g/mol. The van der Waals surface area contributed by atoms with E-state index in [-0.39, 0.29) is 24.0 Å². The lowest BCUT2D eigenvalue weighted by Crippen LogP contribution is -2.45. The minimum Gasteiger partial charge on any atom is -0.357 e. The van der Waals surface area contributed by atoms with Crippen LogP contribution in [0.25, 0.3) is 0 Å². The van der Waals surface area contributed by atoms with Gasteiger partial charge in [0.25, 0.3) is 0 Å². The monoisotopic (exact) mass is 500 g/mol. The van der Waals surface area contributed by atoms with Gasteiger partial charge in [-0.25, -0.2) is 4.98 Å². The zero-order valence-electron chi connectivity index (χ0n) is 17.7. The van der Waals surface area contributed by atoms with E-state index in [2.05, 4.69) is 56.4 Å². The number of hydrogen-bond donors (Lipinski definition) is 2. The molecule has 7 heteroatoms. The van der Waals surface area contributed by atoms with Crippen LogP contribution >= 0.6 is 24.0 Å². The fourth-order valence-corrected chi connectivity index (χ4v) is 4.34. The molecule has 3 rings (SSSR count). The zero-order chi connectivity index (χ0) is 19.1. The Kier molecular flexibility index (Phi) is 9.77. The van der Waals surface area contributed by atoms with Gasteiger partial charge < -0.3 is 15.5 Å². The Morgan fingerprint density at radius 3 is 2.57 bits per heavy atom. The van der Waals surface area contributed by atoms with Gasteiger partial charge in [-0.2, -0.15) is 0 Å². The number of rotatable bonds is 7. The van der Waals surface area contributed by atoms with Crippen LogP contribution in [0.1, 0.15) is 51.5 Å². The maximum atomic E-state index is 4.60. The Morgan fingerprint density at radius 2 is 1.96 bits per heavy atom. The van der Waals surface area contributed by atoms with Crippen LogP contribution in [-0.4, -0.2) is 61.2 Å². The highest BCUT2D eigenvalue weighted by Gasteiger charge is 2.30. The number of likely N-dealkylation sites (tertiary alicyclic amines) is 1. The lowest BCUT2D eigenvalue weighted by atomic mass is 10.2. The Bertz CT molecular complexity index is 595.